The largest absolute Gasteiger partial charge is 0.505 e. The first kappa shape index (κ1) is 17.6. The van der Waals surface area contributed by atoms with E-state index in [0.717, 1.165) is 35.4 Å². The van der Waals surface area contributed by atoms with Gasteiger partial charge in [0.15, 0.2) is 0 Å². The van der Waals surface area contributed by atoms with Gasteiger partial charge in [-0.05, 0) is 36.4 Å². The van der Waals surface area contributed by atoms with Crippen LogP contribution in [0.25, 0.3) is 10.9 Å². The number of fused-ring (bicyclic) bond motifs is 1. The number of hydrogen-bond donors (Lipinski definition) is 2. The third-order valence-electron chi connectivity index (χ3n) is 3.97. The van der Waals surface area contributed by atoms with Gasteiger partial charge in [0.1, 0.15) is 11.4 Å². The molecule has 0 saturated heterocycles. The summed E-state index contributed by atoms with van der Waals surface area (Å²) >= 11 is 11.7. The maximum atomic E-state index is 10.2. The Bertz CT molecular complexity index is 853. The van der Waals surface area contributed by atoms with E-state index in [-0.39, 0.29) is 5.75 Å². The van der Waals surface area contributed by atoms with Gasteiger partial charge in [-0.2, -0.15) is 0 Å². The van der Waals surface area contributed by atoms with Crippen LogP contribution in [-0.4, -0.2) is 41.2 Å². The molecule has 0 fully saturated rings. The molecule has 3 aromatic rings. The molecule has 2 aromatic carbocycles. The quantitative estimate of drug-likeness (QED) is 0.455. The summed E-state index contributed by atoms with van der Waals surface area (Å²) in [6.45, 7) is 1.50. The Labute approximate surface area is 156 Å². The van der Waals surface area contributed by atoms with Crippen molar-refractivity contribution in [2.24, 2.45) is 4.99 Å². The van der Waals surface area contributed by atoms with Crippen LogP contribution in [0.4, 0.5) is 11.4 Å². The highest BCUT2D eigenvalue weighted by Gasteiger charge is 2.08. The van der Waals surface area contributed by atoms with Crippen LogP contribution in [0.5, 0.6) is 5.75 Å². The first-order valence-corrected chi connectivity index (χ1v) is 9.10. The Balaban J connectivity index is 1.78. The number of aromatic nitrogens is 1. The molecule has 2 N–H and O–H groups in total. The van der Waals surface area contributed by atoms with Gasteiger partial charge in [-0.1, -0.05) is 12.1 Å². The van der Waals surface area contributed by atoms with Crippen LogP contribution in [0.1, 0.15) is 5.69 Å². The molecule has 4 nitrogen and oxygen atoms in total. The van der Waals surface area contributed by atoms with E-state index in [1.807, 2.05) is 48.5 Å². The lowest BCUT2D eigenvalue weighted by Crippen LogP contribution is -2.27. The Morgan fingerprint density at radius 2 is 1.68 bits per heavy atom. The summed E-state index contributed by atoms with van der Waals surface area (Å²) < 4.78 is 0. The van der Waals surface area contributed by atoms with Crippen molar-refractivity contribution in [3.63, 3.8) is 0 Å². The summed E-state index contributed by atoms with van der Waals surface area (Å²) in [6, 6.07) is 15.5. The molecule has 0 bridgehead atoms. The molecule has 0 saturated carbocycles. The van der Waals surface area contributed by atoms with Crippen molar-refractivity contribution in [3.8, 4) is 5.75 Å². The number of alkyl halides is 2. The second-order valence-electron chi connectivity index (χ2n) is 5.57. The molecule has 1 aromatic heterocycles. The predicted octanol–water partition coefficient (Wildman–Crippen LogP) is 4.91. The third-order valence-corrected chi connectivity index (χ3v) is 4.31. The second kappa shape index (κ2) is 8.28. The van der Waals surface area contributed by atoms with Crippen LogP contribution in [0.2, 0.25) is 0 Å². The summed E-state index contributed by atoms with van der Waals surface area (Å²) in [5, 5.41) is 11.0. The van der Waals surface area contributed by atoms with E-state index >= 15 is 0 Å². The molecule has 3 rings (SSSR count). The van der Waals surface area contributed by atoms with Crippen LogP contribution in [0.15, 0.2) is 53.5 Å². The Kier molecular flexibility index (Phi) is 5.84. The molecule has 6 heteroatoms. The molecule has 0 aliphatic carbocycles. The van der Waals surface area contributed by atoms with E-state index < -0.39 is 0 Å². The zero-order valence-electron chi connectivity index (χ0n) is 13.6. The number of aromatic hydroxyl groups is 1. The van der Waals surface area contributed by atoms with Crippen LogP contribution in [0.3, 0.4) is 0 Å². The number of rotatable bonds is 7. The van der Waals surface area contributed by atoms with Gasteiger partial charge in [-0.15, -0.1) is 23.2 Å². The smallest absolute Gasteiger partial charge is 0.149 e. The van der Waals surface area contributed by atoms with E-state index in [4.69, 9.17) is 23.2 Å². The van der Waals surface area contributed by atoms with Gasteiger partial charge in [-0.3, -0.25) is 4.99 Å². The lowest BCUT2D eigenvalue weighted by Gasteiger charge is -2.22. The van der Waals surface area contributed by atoms with Gasteiger partial charge in [-0.25, -0.2) is 0 Å². The van der Waals surface area contributed by atoms with Crippen LogP contribution in [-0.2, 0) is 0 Å². The summed E-state index contributed by atoms with van der Waals surface area (Å²) in [4.78, 5) is 9.73. The van der Waals surface area contributed by atoms with Crippen molar-refractivity contribution in [1.82, 2.24) is 4.98 Å². The van der Waals surface area contributed by atoms with E-state index in [9.17, 15) is 5.11 Å². The first-order chi connectivity index (χ1) is 12.2. The fourth-order valence-corrected chi connectivity index (χ4v) is 3.11. The van der Waals surface area contributed by atoms with Crippen molar-refractivity contribution in [2.45, 2.75) is 0 Å². The number of aliphatic imine (C=N–C) groups is 1. The predicted molar refractivity (Wildman–Crippen MR) is 107 cm³/mol. The maximum absolute atomic E-state index is 10.2. The van der Waals surface area contributed by atoms with E-state index in [2.05, 4.69) is 14.9 Å². The lowest BCUT2D eigenvalue weighted by molar-refractivity contribution is 0.480. The molecule has 0 radical (unpaired) electrons. The minimum absolute atomic E-state index is 0.214. The van der Waals surface area contributed by atoms with Crippen LogP contribution >= 0.6 is 23.2 Å². The normalized spacial score (nSPS) is 11.4. The average molecular weight is 376 g/mol. The van der Waals surface area contributed by atoms with Gasteiger partial charge in [0.2, 0.25) is 0 Å². The number of aromatic amines is 1. The van der Waals surface area contributed by atoms with Gasteiger partial charge in [0, 0.05) is 41.4 Å². The van der Waals surface area contributed by atoms with Crippen molar-refractivity contribution < 1.29 is 5.11 Å². The Morgan fingerprint density at radius 1 is 1.00 bits per heavy atom. The molecule has 0 atom stereocenters. The number of nitrogens with one attached hydrogen (secondary N) is 1. The third kappa shape index (κ3) is 4.09. The van der Waals surface area contributed by atoms with Crippen molar-refractivity contribution in [1.29, 1.82) is 0 Å². The molecule has 25 heavy (non-hydrogen) atoms. The highest BCUT2D eigenvalue weighted by atomic mass is 35.5. The average Bonchev–Trinajstić information content (AvgIpc) is 2.97. The molecule has 0 amide bonds. The second-order valence-corrected chi connectivity index (χ2v) is 6.33. The monoisotopic (exact) mass is 375 g/mol. The maximum Gasteiger partial charge on any atom is 0.149 e. The SMILES string of the molecule is Oc1c(C=Nc2ccc(N(CCCl)CCCl)cc2)[nH]c2ccccc12. The zero-order chi connectivity index (χ0) is 17.6. The summed E-state index contributed by atoms with van der Waals surface area (Å²) in [5.74, 6) is 1.32. The van der Waals surface area contributed by atoms with Gasteiger partial charge < -0.3 is 15.0 Å². The van der Waals surface area contributed by atoms with Gasteiger partial charge in [0.05, 0.1) is 11.9 Å². The molecule has 0 aliphatic heterocycles. The highest BCUT2D eigenvalue weighted by Crippen LogP contribution is 2.28. The molecule has 0 aliphatic rings. The minimum Gasteiger partial charge on any atom is -0.505 e. The molecule has 1 heterocycles. The molecular weight excluding hydrogens is 357 g/mol. The summed E-state index contributed by atoms with van der Waals surface area (Å²) in [7, 11) is 0. The fourth-order valence-electron chi connectivity index (χ4n) is 2.70. The first-order valence-electron chi connectivity index (χ1n) is 8.03. The molecule has 0 unspecified atom stereocenters. The number of nitrogens with zero attached hydrogens (tertiary/aromatic N) is 2. The molecule has 130 valence electrons. The van der Waals surface area contributed by atoms with Gasteiger partial charge >= 0.3 is 0 Å². The number of benzene rings is 2. The summed E-state index contributed by atoms with van der Waals surface area (Å²) in [6.07, 6.45) is 1.64. The lowest BCUT2D eigenvalue weighted by atomic mass is 10.2. The standard InChI is InChI=1S/C19H19Cl2N3O/c20-9-11-24(12-10-21)15-7-5-14(6-8-15)22-13-18-19(25)16-3-1-2-4-17(16)23-18/h1-8,13,23,25H,9-12H2. The minimum atomic E-state index is 0.214. The Hall–Kier alpha value is -2.17. The molecule has 0 spiro atoms. The highest BCUT2D eigenvalue weighted by molar-refractivity contribution is 6.18. The van der Waals surface area contributed by atoms with E-state index in [1.165, 1.54) is 0 Å². The van der Waals surface area contributed by atoms with Crippen LogP contribution < -0.4 is 4.90 Å². The number of halogens is 2. The zero-order valence-corrected chi connectivity index (χ0v) is 15.1. The number of anilines is 1. The van der Waals surface area contributed by atoms with E-state index in [0.29, 0.717) is 17.5 Å². The number of H-pyrrole nitrogens is 1. The van der Waals surface area contributed by atoms with E-state index in [1.54, 1.807) is 6.21 Å². The number of para-hydroxylation sites is 1. The fraction of sp³-hybridized carbons (Fsp3) is 0.211. The topological polar surface area (TPSA) is 51.6 Å². The van der Waals surface area contributed by atoms with Crippen molar-refractivity contribution >= 4 is 51.7 Å². The molecular formula is C19H19Cl2N3O. The van der Waals surface area contributed by atoms with Crippen LogP contribution in [0, 0.1) is 0 Å². The Morgan fingerprint density at radius 3 is 2.32 bits per heavy atom. The van der Waals surface area contributed by atoms with Crippen molar-refractivity contribution in [2.75, 3.05) is 29.7 Å². The van der Waals surface area contributed by atoms with Gasteiger partial charge in [0.25, 0.3) is 0 Å². The summed E-state index contributed by atoms with van der Waals surface area (Å²) in [5.41, 5.74) is 3.35. The van der Waals surface area contributed by atoms with Crippen molar-refractivity contribution in [3.05, 3.63) is 54.2 Å². The number of hydrogen-bond acceptors (Lipinski definition) is 3.